The molecule has 0 saturated carbocycles. The van der Waals surface area contributed by atoms with Crippen LogP contribution in [-0.2, 0) is 6.54 Å². The predicted octanol–water partition coefficient (Wildman–Crippen LogP) is 3.11. The maximum atomic E-state index is 13.4. The molecule has 8 heteroatoms. The number of hydrogen-bond acceptors (Lipinski definition) is 5. The maximum Gasteiger partial charge on any atom is 0.261 e. The molecular formula is C22H19N5O2S. The highest BCUT2D eigenvalue weighted by atomic mass is 32.1. The number of H-pyrrole nitrogens is 1. The number of aromatic nitrogens is 4. The Bertz CT molecular complexity index is 1320. The summed E-state index contributed by atoms with van der Waals surface area (Å²) in [6.07, 6.45) is 4.38. The van der Waals surface area contributed by atoms with Crippen molar-refractivity contribution in [2.24, 2.45) is 5.92 Å². The van der Waals surface area contributed by atoms with Gasteiger partial charge in [0.05, 0.1) is 26.9 Å². The molecule has 1 fully saturated rings. The van der Waals surface area contributed by atoms with Gasteiger partial charge in [-0.2, -0.15) is 0 Å². The highest BCUT2D eigenvalue weighted by Gasteiger charge is 2.37. The van der Waals surface area contributed by atoms with Crippen LogP contribution in [0.1, 0.15) is 28.4 Å². The number of carbonyl (C=O) groups is 1. The van der Waals surface area contributed by atoms with Crippen LogP contribution in [0.25, 0.3) is 21.6 Å². The van der Waals surface area contributed by atoms with E-state index in [0.29, 0.717) is 31.0 Å². The van der Waals surface area contributed by atoms with Crippen LogP contribution in [0.5, 0.6) is 0 Å². The Labute approximate surface area is 176 Å². The summed E-state index contributed by atoms with van der Waals surface area (Å²) in [5.41, 5.74) is 4.97. The SMILES string of the molecule is O=C(c1cccc2ncsc12)N1C[C@@H]2C[C@H](C1)c1ccc(-c3ncc[nH]3)c(=O)n1C2. The molecule has 5 heterocycles. The van der Waals surface area contributed by atoms with E-state index in [9.17, 15) is 9.59 Å². The van der Waals surface area contributed by atoms with Crippen molar-refractivity contribution >= 4 is 27.5 Å². The number of hydrogen-bond donors (Lipinski definition) is 1. The van der Waals surface area contributed by atoms with Crippen molar-refractivity contribution in [1.29, 1.82) is 0 Å². The molecule has 2 aliphatic heterocycles. The van der Waals surface area contributed by atoms with Crippen LogP contribution >= 0.6 is 11.3 Å². The molecule has 7 nitrogen and oxygen atoms in total. The summed E-state index contributed by atoms with van der Waals surface area (Å²) in [6.45, 7) is 1.93. The van der Waals surface area contributed by atoms with Crippen LogP contribution < -0.4 is 5.56 Å². The number of benzene rings is 1. The number of fused-ring (bicyclic) bond motifs is 5. The first-order chi connectivity index (χ1) is 14.7. The largest absolute Gasteiger partial charge is 0.344 e. The molecule has 0 aliphatic carbocycles. The lowest BCUT2D eigenvalue weighted by molar-refractivity contribution is 0.0597. The van der Waals surface area contributed by atoms with Gasteiger partial charge in [0.25, 0.3) is 11.5 Å². The number of aromatic amines is 1. The minimum absolute atomic E-state index is 0.00801. The molecule has 0 radical (unpaired) electrons. The quantitative estimate of drug-likeness (QED) is 0.543. The van der Waals surface area contributed by atoms with Gasteiger partial charge in [-0.1, -0.05) is 6.07 Å². The van der Waals surface area contributed by atoms with E-state index >= 15 is 0 Å². The molecule has 30 heavy (non-hydrogen) atoms. The van der Waals surface area contributed by atoms with E-state index in [1.165, 1.54) is 11.3 Å². The van der Waals surface area contributed by atoms with E-state index in [2.05, 4.69) is 15.0 Å². The highest BCUT2D eigenvalue weighted by molar-refractivity contribution is 7.17. The lowest BCUT2D eigenvalue weighted by Gasteiger charge is -2.43. The van der Waals surface area contributed by atoms with Crippen molar-refractivity contribution in [2.75, 3.05) is 13.1 Å². The number of pyridine rings is 1. The number of carbonyl (C=O) groups excluding carboxylic acids is 1. The van der Waals surface area contributed by atoms with Gasteiger partial charge in [-0.15, -0.1) is 11.3 Å². The summed E-state index contributed by atoms with van der Waals surface area (Å²) in [7, 11) is 0. The first-order valence-electron chi connectivity index (χ1n) is 10.0. The second-order valence-electron chi connectivity index (χ2n) is 8.04. The number of nitrogens with one attached hydrogen (secondary N) is 1. The molecular weight excluding hydrogens is 398 g/mol. The van der Waals surface area contributed by atoms with Gasteiger partial charge < -0.3 is 14.5 Å². The third kappa shape index (κ3) is 2.64. The third-order valence-electron chi connectivity index (χ3n) is 6.23. The van der Waals surface area contributed by atoms with Crippen LogP contribution in [0.4, 0.5) is 0 Å². The highest BCUT2D eigenvalue weighted by Crippen LogP contribution is 2.36. The van der Waals surface area contributed by atoms with Crippen molar-refractivity contribution in [1.82, 2.24) is 24.4 Å². The van der Waals surface area contributed by atoms with Crippen molar-refractivity contribution in [3.8, 4) is 11.4 Å². The molecule has 1 saturated heterocycles. The Balaban J connectivity index is 1.34. The van der Waals surface area contributed by atoms with Gasteiger partial charge in [0.1, 0.15) is 5.82 Å². The van der Waals surface area contributed by atoms with Crippen LogP contribution in [-0.4, -0.2) is 43.4 Å². The van der Waals surface area contributed by atoms with E-state index in [0.717, 1.165) is 27.9 Å². The zero-order valence-corrected chi connectivity index (χ0v) is 16.9. The summed E-state index contributed by atoms with van der Waals surface area (Å²) in [4.78, 5) is 40.0. The number of nitrogens with zero attached hydrogens (tertiary/aromatic N) is 4. The van der Waals surface area contributed by atoms with Crippen LogP contribution in [0.2, 0.25) is 0 Å². The molecule has 6 rings (SSSR count). The Kier molecular flexibility index (Phi) is 3.89. The average Bonchev–Trinajstić information content (AvgIpc) is 3.45. The molecule has 1 amide bonds. The Morgan fingerprint density at radius 2 is 2.07 bits per heavy atom. The van der Waals surface area contributed by atoms with Crippen molar-refractivity contribution in [3.63, 3.8) is 0 Å². The monoisotopic (exact) mass is 417 g/mol. The maximum absolute atomic E-state index is 13.4. The Morgan fingerprint density at radius 3 is 2.93 bits per heavy atom. The van der Waals surface area contributed by atoms with Gasteiger partial charge in [-0.25, -0.2) is 9.97 Å². The summed E-state index contributed by atoms with van der Waals surface area (Å²) < 4.78 is 2.83. The van der Waals surface area contributed by atoms with Crippen molar-refractivity contribution in [2.45, 2.75) is 18.9 Å². The zero-order chi connectivity index (χ0) is 20.2. The van der Waals surface area contributed by atoms with Gasteiger partial charge in [-0.05, 0) is 36.6 Å². The van der Waals surface area contributed by atoms with Gasteiger partial charge in [0.15, 0.2) is 0 Å². The number of amides is 1. The number of imidazole rings is 1. The molecule has 0 unspecified atom stereocenters. The number of likely N-dealkylation sites (tertiary alicyclic amines) is 1. The second kappa shape index (κ2) is 6.63. The molecule has 1 aromatic carbocycles. The minimum atomic E-state index is -0.00801. The molecule has 2 aliphatic rings. The fourth-order valence-electron chi connectivity index (χ4n) is 4.93. The Hall–Kier alpha value is -3.26. The smallest absolute Gasteiger partial charge is 0.261 e. The van der Waals surface area contributed by atoms with Gasteiger partial charge in [0.2, 0.25) is 0 Å². The predicted molar refractivity (Wildman–Crippen MR) is 115 cm³/mol. The van der Waals surface area contributed by atoms with Gasteiger partial charge in [-0.3, -0.25) is 9.59 Å². The average molecular weight is 417 g/mol. The standard InChI is InChI=1S/C22H19N5O2S/c28-21(15-2-1-3-17-19(15)30-12-25-17)26-9-13-8-14(11-26)18-5-4-16(20-23-6-7-24-20)22(29)27(18)10-13/h1-7,12-14H,8-11H2,(H,23,24)/t13-,14+/m0/s1. The van der Waals surface area contributed by atoms with E-state index in [-0.39, 0.29) is 23.3 Å². The minimum Gasteiger partial charge on any atom is -0.344 e. The van der Waals surface area contributed by atoms with Gasteiger partial charge in [0, 0.05) is 43.6 Å². The lowest BCUT2D eigenvalue weighted by Crippen LogP contribution is -2.49. The molecule has 2 atom stereocenters. The number of rotatable bonds is 2. The van der Waals surface area contributed by atoms with E-state index in [1.807, 2.05) is 39.8 Å². The fraction of sp³-hybridized carbons (Fsp3) is 0.273. The number of piperidine rings is 1. The molecule has 2 bridgehead atoms. The van der Waals surface area contributed by atoms with Crippen LogP contribution in [0, 0.1) is 5.92 Å². The topological polar surface area (TPSA) is 83.9 Å². The second-order valence-corrected chi connectivity index (χ2v) is 8.90. The molecule has 1 N–H and O–H groups in total. The number of thiazole rings is 1. The third-order valence-corrected chi connectivity index (χ3v) is 7.11. The molecule has 4 aromatic rings. The summed E-state index contributed by atoms with van der Waals surface area (Å²) in [6, 6.07) is 9.60. The van der Waals surface area contributed by atoms with Gasteiger partial charge >= 0.3 is 0 Å². The zero-order valence-electron chi connectivity index (χ0n) is 16.1. The van der Waals surface area contributed by atoms with Crippen molar-refractivity contribution < 1.29 is 4.79 Å². The van der Waals surface area contributed by atoms with E-state index < -0.39 is 0 Å². The fourth-order valence-corrected chi connectivity index (χ4v) is 5.72. The normalized spacial score (nSPS) is 20.3. The molecule has 150 valence electrons. The van der Waals surface area contributed by atoms with E-state index in [4.69, 9.17) is 0 Å². The first kappa shape index (κ1) is 17.6. The van der Waals surface area contributed by atoms with Crippen LogP contribution in [0.3, 0.4) is 0 Å². The summed E-state index contributed by atoms with van der Waals surface area (Å²) in [5.74, 6) is 1.09. The van der Waals surface area contributed by atoms with E-state index in [1.54, 1.807) is 17.9 Å². The van der Waals surface area contributed by atoms with Crippen molar-refractivity contribution in [3.05, 3.63) is 69.8 Å². The van der Waals surface area contributed by atoms with Crippen LogP contribution in [0.15, 0.2) is 53.0 Å². The first-order valence-corrected chi connectivity index (χ1v) is 10.9. The molecule has 3 aromatic heterocycles. The Morgan fingerprint density at radius 1 is 1.13 bits per heavy atom. The summed E-state index contributed by atoms with van der Waals surface area (Å²) >= 11 is 1.51. The molecule has 0 spiro atoms. The lowest BCUT2D eigenvalue weighted by atomic mass is 9.82. The summed E-state index contributed by atoms with van der Waals surface area (Å²) in [5, 5.41) is 0.